The zero-order valence-corrected chi connectivity index (χ0v) is 11.7. The minimum atomic E-state index is -0.284. The van der Waals surface area contributed by atoms with Gasteiger partial charge in [0.2, 0.25) is 0 Å². The fourth-order valence-corrected chi connectivity index (χ4v) is 2.32. The Kier molecular flexibility index (Phi) is 3.36. The van der Waals surface area contributed by atoms with Gasteiger partial charge in [0.15, 0.2) is 5.82 Å². The van der Waals surface area contributed by atoms with E-state index in [1.54, 1.807) is 12.1 Å². The van der Waals surface area contributed by atoms with Crippen LogP contribution in [0.4, 0.5) is 4.39 Å². The van der Waals surface area contributed by atoms with Gasteiger partial charge in [0.05, 0.1) is 5.52 Å². The van der Waals surface area contributed by atoms with Crippen molar-refractivity contribution in [2.75, 3.05) is 0 Å². The van der Waals surface area contributed by atoms with Gasteiger partial charge < -0.3 is 0 Å². The van der Waals surface area contributed by atoms with E-state index in [1.807, 2.05) is 18.2 Å². The number of hydrogen-bond donors (Lipinski definition) is 0. The Balaban J connectivity index is 2.17. The van der Waals surface area contributed by atoms with Crippen LogP contribution in [0.5, 0.6) is 0 Å². The van der Waals surface area contributed by atoms with Gasteiger partial charge >= 0.3 is 0 Å². The van der Waals surface area contributed by atoms with Gasteiger partial charge in [0, 0.05) is 10.9 Å². The van der Waals surface area contributed by atoms with Crippen molar-refractivity contribution in [2.45, 2.75) is 13.3 Å². The third-order valence-electron chi connectivity index (χ3n) is 3.22. The average molecular weight is 287 g/mol. The second-order valence-corrected chi connectivity index (χ2v) is 4.91. The smallest absolute Gasteiger partial charge is 0.161 e. The molecule has 0 bridgehead atoms. The van der Waals surface area contributed by atoms with E-state index < -0.39 is 0 Å². The van der Waals surface area contributed by atoms with E-state index in [0.29, 0.717) is 11.0 Å². The molecule has 0 aliphatic heterocycles. The minimum absolute atomic E-state index is 0.284. The van der Waals surface area contributed by atoms with E-state index in [2.05, 4.69) is 16.9 Å². The molecular weight excluding hydrogens is 275 g/mol. The summed E-state index contributed by atoms with van der Waals surface area (Å²) in [6, 6.07) is 12.0. The molecule has 3 aromatic rings. The standard InChI is InChI=1S/C16H12ClFN2/c1-2-10-3-8-14-13(9-10)15(17)20-16(19-14)11-4-6-12(18)7-5-11/h3-9H,2H2,1H3. The van der Waals surface area contributed by atoms with Crippen LogP contribution in [-0.4, -0.2) is 9.97 Å². The van der Waals surface area contributed by atoms with Crippen LogP contribution in [-0.2, 0) is 6.42 Å². The summed E-state index contributed by atoms with van der Waals surface area (Å²) in [5, 5.41) is 1.27. The molecule has 0 aliphatic carbocycles. The average Bonchev–Trinajstić information content (AvgIpc) is 2.47. The first-order valence-corrected chi connectivity index (χ1v) is 6.77. The number of aryl methyl sites for hydroxylation is 1. The first-order valence-electron chi connectivity index (χ1n) is 6.39. The molecule has 0 saturated heterocycles. The summed E-state index contributed by atoms with van der Waals surface area (Å²) in [5.41, 5.74) is 2.73. The second-order valence-electron chi connectivity index (χ2n) is 4.55. The Morgan fingerprint density at radius 1 is 1.05 bits per heavy atom. The van der Waals surface area contributed by atoms with Crippen molar-refractivity contribution in [3.63, 3.8) is 0 Å². The Labute approximate surface area is 121 Å². The molecule has 2 aromatic carbocycles. The molecule has 1 heterocycles. The lowest BCUT2D eigenvalue weighted by Crippen LogP contribution is -1.93. The molecule has 20 heavy (non-hydrogen) atoms. The van der Waals surface area contributed by atoms with Gasteiger partial charge in [-0.2, -0.15) is 0 Å². The van der Waals surface area contributed by atoms with Crippen molar-refractivity contribution in [3.05, 3.63) is 59.0 Å². The number of rotatable bonds is 2. The van der Waals surface area contributed by atoms with E-state index in [4.69, 9.17) is 11.6 Å². The molecule has 0 amide bonds. The summed E-state index contributed by atoms with van der Waals surface area (Å²) in [5.74, 6) is 0.222. The van der Waals surface area contributed by atoms with Crippen LogP contribution >= 0.6 is 11.6 Å². The van der Waals surface area contributed by atoms with Crippen molar-refractivity contribution in [2.24, 2.45) is 0 Å². The van der Waals surface area contributed by atoms with Crippen molar-refractivity contribution in [1.29, 1.82) is 0 Å². The predicted octanol–water partition coefficient (Wildman–Crippen LogP) is 4.65. The lowest BCUT2D eigenvalue weighted by molar-refractivity contribution is 0.628. The van der Waals surface area contributed by atoms with Gasteiger partial charge in [-0.3, -0.25) is 0 Å². The lowest BCUT2D eigenvalue weighted by atomic mass is 10.1. The Hall–Kier alpha value is -2.00. The highest BCUT2D eigenvalue weighted by atomic mass is 35.5. The van der Waals surface area contributed by atoms with E-state index in [-0.39, 0.29) is 5.82 Å². The largest absolute Gasteiger partial charge is 0.228 e. The molecule has 0 spiro atoms. The molecule has 2 nitrogen and oxygen atoms in total. The first-order chi connectivity index (χ1) is 9.67. The summed E-state index contributed by atoms with van der Waals surface area (Å²) in [7, 11) is 0. The van der Waals surface area contributed by atoms with Gasteiger partial charge in [-0.1, -0.05) is 24.6 Å². The van der Waals surface area contributed by atoms with Crippen LogP contribution in [0.25, 0.3) is 22.3 Å². The van der Waals surface area contributed by atoms with E-state index in [0.717, 1.165) is 22.9 Å². The summed E-state index contributed by atoms with van der Waals surface area (Å²) < 4.78 is 13.0. The van der Waals surface area contributed by atoms with E-state index >= 15 is 0 Å². The fraction of sp³-hybridized carbons (Fsp3) is 0.125. The zero-order chi connectivity index (χ0) is 14.1. The Bertz CT molecular complexity index is 769. The first kappa shape index (κ1) is 13.0. The molecule has 4 heteroatoms. The number of benzene rings is 2. The molecule has 100 valence electrons. The summed E-state index contributed by atoms with van der Waals surface area (Å²) >= 11 is 6.25. The third kappa shape index (κ3) is 2.37. The lowest BCUT2D eigenvalue weighted by Gasteiger charge is -2.06. The number of halogens is 2. The maximum atomic E-state index is 13.0. The van der Waals surface area contributed by atoms with Gasteiger partial charge in [0.1, 0.15) is 11.0 Å². The number of hydrogen-bond acceptors (Lipinski definition) is 2. The van der Waals surface area contributed by atoms with Crippen LogP contribution in [0.2, 0.25) is 5.15 Å². The van der Waals surface area contributed by atoms with E-state index in [9.17, 15) is 4.39 Å². The number of aromatic nitrogens is 2. The number of fused-ring (bicyclic) bond motifs is 1. The normalized spacial score (nSPS) is 10.9. The van der Waals surface area contributed by atoms with Gasteiger partial charge in [-0.05, 0) is 48.4 Å². The molecule has 0 saturated carbocycles. The van der Waals surface area contributed by atoms with Crippen LogP contribution in [0.1, 0.15) is 12.5 Å². The molecule has 0 unspecified atom stereocenters. The molecule has 0 aliphatic rings. The molecule has 0 N–H and O–H groups in total. The zero-order valence-electron chi connectivity index (χ0n) is 10.9. The molecule has 0 fully saturated rings. The molecule has 0 radical (unpaired) electrons. The van der Waals surface area contributed by atoms with Crippen molar-refractivity contribution in [1.82, 2.24) is 9.97 Å². The topological polar surface area (TPSA) is 25.8 Å². The van der Waals surface area contributed by atoms with Crippen molar-refractivity contribution < 1.29 is 4.39 Å². The Morgan fingerprint density at radius 3 is 2.50 bits per heavy atom. The van der Waals surface area contributed by atoms with Crippen molar-refractivity contribution in [3.8, 4) is 11.4 Å². The maximum Gasteiger partial charge on any atom is 0.161 e. The van der Waals surface area contributed by atoms with Crippen LogP contribution in [0.15, 0.2) is 42.5 Å². The highest BCUT2D eigenvalue weighted by Gasteiger charge is 2.08. The summed E-state index contributed by atoms with van der Waals surface area (Å²) in [4.78, 5) is 8.80. The van der Waals surface area contributed by atoms with Crippen LogP contribution in [0.3, 0.4) is 0 Å². The van der Waals surface area contributed by atoms with Crippen LogP contribution < -0.4 is 0 Å². The highest BCUT2D eigenvalue weighted by molar-refractivity contribution is 6.34. The molecule has 1 aromatic heterocycles. The predicted molar refractivity (Wildman–Crippen MR) is 79.3 cm³/mol. The third-order valence-corrected chi connectivity index (χ3v) is 3.51. The quantitative estimate of drug-likeness (QED) is 0.641. The van der Waals surface area contributed by atoms with E-state index in [1.165, 1.54) is 17.7 Å². The molecule has 3 rings (SSSR count). The molecule has 0 atom stereocenters. The maximum absolute atomic E-state index is 13.0. The van der Waals surface area contributed by atoms with Gasteiger partial charge in [-0.15, -0.1) is 0 Å². The monoisotopic (exact) mass is 286 g/mol. The SMILES string of the molecule is CCc1ccc2nc(-c3ccc(F)cc3)nc(Cl)c2c1. The summed E-state index contributed by atoms with van der Waals surface area (Å²) in [6.45, 7) is 2.09. The molecular formula is C16H12ClFN2. The van der Waals surface area contributed by atoms with Gasteiger partial charge in [0.25, 0.3) is 0 Å². The fourth-order valence-electron chi connectivity index (χ4n) is 2.09. The second kappa shape index (κ2) is 5.17. The Morgan fingerprint density at radius 2 is 1.80 bits per heavy atom. The van der Waals surface area contributed by atoms with Crippen molar-refractivity contribution >= 4 is 22.5 Å². The minimum Gasteiger partial charge on any atom is -0.228 e. The van der Waals surface area contributed by atoms with Gasteiger partial charge in [-0.25, -0.2) is 14.4 Å². The van der Waals surface area contributed by atoms with Crippen LogP contribution in [0, 0.1) is 5.82 Å². The number of nitrogens with zero attached hydrogens (tertiary/aromatic N) is 2. The summed E-state index contributed by atoms with van der Waals surface area (Å²) in [6.07, 6.45) is 0.936. The highest BCUT2D eigenvalue weighted by Crippen LogP contribution is 2.26.